The van der Waals surface area contributed by atoms with Crippen molar-refractivity contribution in [3.63, 3.8) is 0 Å². The Bertz CT molecular complexity index is 773. The molecule has 2 rings (SSSR count). The predicted molar refractivity (Wildman–Crippen MR) is 97.9 cm³/mol. The molecule has 6 heteroatoms. The lowest BCUT2D eigenvalue weighted by molar-refractivity contribution is -0.143. The normalized spacial score (nSPS) is 11.7. The topological polar surface area (TPSA) is 95.5 Å². The van der Waals surface area contributed by atoms with Gasteiger partial charge in [0.15, 0.2) is 0 Å². The van der Waals surface area contributed by atoms with Gasteiger partial charge in [-0.2, -0.15) is 0 Å². The Morgan fingerprint density at radius 1 is 0.962 bits per heavy atom. The second-order valence-corrected chi connectivity index (χ2v) is 5.61. The molecule has 0 saturated carbocycles. The zero-order valence-electron chi connectivity index (χ0n) is 14.1. The maximum Gasteiger partial charge on any atom is 0.326 e. The van der Waals surface area contributed by atoms with E-state index in [4.69, 9.17) is 0 Å². The van der Waals surface area contributed by atoms with Gasteiger partial charge in [-0.15, -0.1) is 0 Å². The molecule has 3 N–H and O–H groups in total. The van der Waals surface area contributed by atoms with Crippen molar-refractivity contribution in [2.45, 2.75) is 19.0 Å². The van der Waals surface area contributed by atoms with Gasteiger partial charge in [-0.1, -0.05) is 60.7 Å². The molecule has 0 aliphatic heterocycles. The number of benzene rings is 2. The van der Waals surface area contributed by atoms with Crippen LogP contribution in [0.1, 0.15) is 17.5 Å². The van der Waals surface area contributed by atoms with E-state index in [-0.39, 0.29) is 6.42 Å². The molecule has 6 nitrogen and oxygen atoms in total. The Hall–Kier alpha value is -3.41. The van der Waals surface area contributed by atoms with Crippen LogP contribution in [0.3, 0.4) is 0 Å². The molecule has 1 atom stereocenters. The summed E-state index contributed by atoms with van der Waals surface area (Å²) in [6, 6.07) is 17.1. The van der Waals surface area contributed by atoms with E-state index in [2.05, 4.69) is 10.6 Å². The second-order valence-electron chi connectivity index (χ2n) is 5.61. The molecule has 0 spiro atoms. The third-order valence-electron chi connectivity index (χ3n) is 3.56. The molecule has 0 heterocycles. The van der Waals surface area contributed by atoms with Crippen molar-refractivity contribution >= 4 is 23.9 Å². The lowest BCUT2D eigenvalue weighted by Crippen LogP contribution is -2.43. The summed E-state index contributed by atoms with van der Waals surface area (Å²) in [5, 5.41) is 14.2. The fraction of sp³-hybridized carbons (Fsp3) is 0.150. The Morgan fingerprint density at radius 3 is 2.19 bits per heavy atom. The van der Waals surface area contributed by atoms with Crippen LogP contribution in [0.2, 0.25) is 0 Å². The van der Waals surface area contributed by atoms with E-state index in [1.165, 1.54) is 6.08 Å². The van der Waals surface area contributed by atoms with Crippen molar-refractivity contribution in [3.05, 3.63) is 77.9 Å². The Labute approximate surface area is 151 Å². The van der Waals surface area contributed by atoms with E-state index in [9.17, 15) is 19.5 Å². The maximum atomic E-state index is 11.9. The lowest BCUT2D eigenvalue weighted by Gasteiger charge is -2.13. The van der Waals surface area contributed by atoms with Crippen LogP contribution in [0.15, 0.2) is 66.7 Å². The molecule has 0 saturated heterocycles. The maximum absolute atomic E-state index is 11.9. The fourth-order valence-electron chi connectivity index (χ4n) is 2.21. The van der Waals surface area contributed by atoms with Crippen molar-refractivity contribution < 1.29 is 19.5 Å². The molecule has 0 radical (unpaired) electrons. The van der Waals surface area contributed by atoms with Gasteiger partial charge < -0.3 is 15.7 Å². The summed E-state index contributed by atoms with van der Waals surface area (Å²) < 4.78 is 0. The highest BCUT2D eigenvalue weighted by atomic mass is 16.4. The first-order chi connectivity index (χ1) is 12.5. The minimum absolute atomic E-state index is 0.299. The van der Waals surface area contributed by atoms with Crippen LogP contribution >= 0.6 is 0 Å². The number of amides is 2. The van der Waals surface area contributed by atoms with Crippen molar-refractivity contribution in [3.8, 4) is 0 Å². The Morgan fingerprint density at radius 2 is 1.58 bits per heavy atom. The third kappa shape index (κ3) is 6.60. The van der Waals surface area contributed by atoms with Crippen LogP contribution in [0.4, 0.5) is 0 Å². The lowest BCUT2D eigenvalue weighted by atomic mass is 10.1. The molecule has 134 valence electrons. The molecule has 26 heavy (non-hydrogen) atoms. The number of carboxylic acids is 1. The first kappa shape index (κ1) is 18.9. The summed E-state index contributed by atoms with van der Waals surface area (Å²) in [4.78, 5) is 35.1. The number of aliphatic carboxylic acids is 1. The summed E-state index contributed by atoms with van der Waals surface area (Å²) >= 11 is 0. The van der Waals surface area contributed by atoms with Gasteiger partial charge in [-0.25, -0.2) is 4.79 Å². The van der Waals surface area contributed by atoms with E-state index in [1.807, 2.05) is 60.7 Å². The van der Waals surface area contributed by atoms with E-state index in [0.29, 0.717) is 6.54 Å². The Balaban J connectivity index is 1.85. The molecule has 0 aromatic heterocycles. The second kappa shape index (κ2) is 9.78. The predicted octanol–water partition coefficient (Wildman–Crippen LogP) is 1.98. The van der Waals surface area contributed by atoms with Crippen molar-refractivity contribution in [1.29, 1.82) is 0 Å². The van der Waals surface area contributed by atoms with Crippen LogP contribution in [-0.2, 0) is 20.9 Å². The molecule has 0 aliphatic rings. The van der Waals surface area contributed by atoms with E-state index in [0.717, 1.165) is 11.1 Å². The van der Waals surface area contributed by atoms with E-state index in [1.54, 1.807) is 6.08 Å². The van der Waals surface area contributed by atoms with Crippen LogP contribution in [0, 0.1) is 0 Å². The smallest absolute Gasteiger partial charge is 0.326 e. The Kier molecular flexibility index (Phi) is 7.12. The number of hydrogen-bond donors (Lipinski definition) is 3. The van der Waals surface area contributed by atoms with Gasteiger partial charge in [0.2, 0.25) is 11.8 Å². The molecular weight excluding hydrogens is 332 g/mol. The molecule has 0 aliphatic carbocycles. The SMILES string of the molecule is O=C(/C=C/c1ccccc1)N[C@H](CC(=O)NCc1ccccc1)C(=O)O. The minimum Gasteiger partial charge on any atom is -0.480 e. The first-order valence-corrected chi connectivity index (χ1v) is 8.11. The summed E-state index contributed by atoms with van der Waals surface area (Å²) in [6.07, 6.45) is 2.48. The van der Waals surface area contributed by atoms with Gasteiger partial charge in [-0.3, -0.25) is 9.59 Å². The molecular formula is C20H20N2O4. The molecule has 2 aromatic carbocycles. The van der Waals surface area contributed by atoms with Crippen LogP contribution in [0.5, 0.6) is 0 Å². The van der Waals surface area contributed by atoms with E-state index >= 15 is 0 Å². The fourth-order valence-corrected chi connectivity index (χ4v) is 2.21. The largest absolute Gasteiger partial charge is 0.480 e. The monoisotopic (exact) mass is 352 g/mol. The summed E-state index contributed by atoms with van der Waals surface area (Å²) in [5.41, 5.74) is 1.72. The van der Waals surface area contributed by atoms with Gasteiger partial charge in [0.25, 0.3) is 0 Å². The van der Waals surface area contributed by atoms with Gasteiger partial charge in [-0.05, 0) is 17.2 Å². The average Bonchev–Trinajstić information content (AvgIpc) is 2.66. The highest BCUT2D eigenvalue weighted by Crippen LogP contribution is 2.02. The van der Waals surface area contributed by atoms with E-state index < -0.39 is 23.8 Å². The van der Waals surface area contributed by atoms with Gasteiger partial charge in [0.1, 0.15) is 6.04 Å². The molecule has 0 fully saturated rings. The van der Waals surface area contributed by atoms with Crippen LogP contribution < -0.4 is 10.6 Å². The van der Waals surface area contributed by atoms with Gasteiger partial charge >= 0.3 is 5.97 Å². The third-order valence-corrected chi connectivity index (χ3v) is 3.56. The summed E-state index contributed by atoms with van der Waals surface area (Å²) in [6.45, 7) is 0.299. The van der Waals surface area contributed by atoms with Crippen molar-refractivity contribution in [2.24, 2.45) is 0 Å². The number of nitrogens with one attached hydrogen (secondary N) is 2. The summed E-state index contributed by atoms with van der Waals surface area (Å²) in [7, 11) is 0. The van der Waals surface area contributed by atoms with Crippen LogP contribution in [0.25, 0.3) is 6.08 Å². The van der Waals surface area contributed by atoms with Crippen molar-refractivity contribution in [1.82, 2.24) is 10.6 Å². The van der Waals surface area contributed by atoms with Crippen LogP contribution in [-0.4, -0.2) is 28.9 Å². The molecule has 0 unspecified atom stereocenters. The number of carbonyl (C=O) groups excluding carboxylic acids is 2. The number of hydrogen-bond acceptors (Lipinski definition) is 3. The average molecular weight is 352 g/mol. The minimum atomic E-state index is -1.29. The molecule has 2 amide bonds. The van der Waals surface area contributed by atoms with Gasteiger partial charge in [0, 0.05) is 12.6 Å². The summed E-state index contributed by atoms with van der Waals surface area (Å²) in [5.74, 6) is -2.29. The van der Waals surface area contributed by atoms with Crippen molar-refractivity contribution in [2.75, 3.05) is 0 Å². The molecule has 2 aromatic rings. The number of carboxylic acid groups (broad SMARTS) is 1. The number of carbonyl (C=O) groups is 3. The zero-order valence-corrected chi connectivity index (χ0v) is 14.1. The quantitative estimate of drug-likeness (QED) is 0.633. The molecule has 0 bridgehead atoms. The number of rotatable bonds is 8. The zero-order chi connectivity index (χ0) is 18.8. The first-order valence-electron chi connectivity index (χ1n) is 8.11. The highest BCUT2D eigenvalue weighted by Gasteiger charge is 2.22. The highest BCUT2D eigenvalue weighted by molar-refractivity contribution is 5.95. The standard InChI is InChI=1S/C20H20N2O4/c23-18(12-11-15-7-3-1-4-8-15)22-17(20(25)26)13-19(24)21-14-16-9-5-2-6-10-16/h1-12,17H,13-14H2,(H,21,24)(H,22,23)(H,25,26)/b12-11+/t17-/m1/s1. The van der Waals surface area contributed by atoms with Gasteiger partial charge in [0.05, 0.1) is 6.42 Å².